The van der Waals surface area contributed by atoms with Crippen LogP contribution in [-0.2, 0) is 24.0 Å². The Kier molecular flexibility index (Phi) is 11.6. The van der Waals surface area contributed by atoms with Crippen molar-refractivity contribution in [2.75, 3.05) is 13.1 Å². The van der Waals surface area contributed by atoms with E-state index in [4.69, 9.17) is 15.9 Å². The normalized spacial score (nSPS) is 19.3. The lowest BCUT2D eigenvalue weighted by Crippen LogP contribution is -2.58. The molecule has 1 saturated heterocycles. The fourth-order valence-electron chi connectivity index (χ4n) is 3.24. The van der Waals surface area contributed by atoms with Gasteiger partial charge in [-0.25, -0.2) is 4.79 Å². The SMILES string of the molecule is CC(O)C(NC(=O)C(CCCCN)NC(=O)C(CC(=O)O)NC(=O)C1CCCN1)C(=O)O. The number of carboxylic acid groups (broad SMARTS) is 2. The second-order valence-electron chi connectivity index (χ2n) is 7.72. The lowest BCUT2D eigenvalue weighted by atomic mass is 10.1. The third-order valence-electron chi connectivity index (χ3n) is 5.01. The van der Waals surface area contributed by atoms with Crippen LogP contribution < -0.4 is 27.0 Å². The minimum atomic E-state index is -1.60. The molecule has 5 atom stereocenters. The maximum absolute atomic E-state index is 12.8. The maximum Gasteiger partial charge on any atom is 0.328 e. The summed E-state index contributed by atoms with van der Waals surface area (Å²) in [6, 6.07) is -4.78. The van der Waals surface area contributed by atoms with Crippen molar-refractivity contribution in [3.05, 3.63) is 0 Å². The molecule has 0 aliphatic carbocycles. The zero-order chi connectivity index (χ0) is 24.3. The molecule has 1 fully saturated rings. The van der Waals surface area contributed by atoms with Gasteiger partial charge in [0.25, 0.3) is 0 Å². The summed E-state index contributed by atoms with van der Waals surface area (Å²) in [4.78, 5) is 60.2. The summed E-state index contributed by atoms with van der Waals surface area (Å²) in [6.45, 7) is 2.15. The average Bonchev–Trinajstić information content (AvgIpc) is 3.24. The van der Waals surface area contributed by atoms with Gasteiger partial charge in [0.2, 0.25) is 17.7 Å². The van der Waals surface area contributed by atoms with Crippen molar-refractivity contribution in [1.82, 2.24) is 21.3 Å². The predicted octanol–water partition coefficient (Wildman–Crippen LogP) is -2.74. The number of aliphatic hydroxyl groups excluding tert-OH is 1. The van der Waals surface area contributed by atoms with Crippen LogP contribution >= 0.6 is 0 Å². The van der Waals surface area contributed by atoms with Gasteiger partial charge in [-0.05, 0) is 52.1 Å². The van der Waals surface area contributed by atoms with Crippen molar-refractivity contribution in [3.8, 4) is 0 Å². The third-order valence-corrected chi connectivity index (χ3v) is 5.01. The van der Waals surface area contributed by atoms with Crippen LogP contribution in [-0.4, -0.2) is 88.3 Å². The summed E-state index contributed by atoms with van der Waals surface area (Å²) in [6.07, 6.45) is 0.268. The minimum absolute atomic E-state index is 0.0961. The van der Waals surface area contributed by atoms with E-state index in [9.17, 15) is 29.1 Å². The number of rotatable bonds is 14. The molecular formula is C19H33N5O8. The molecule has 0 aromatic heterocycles. The fraction of sp³-hybridized carbons (Fsp3) is 0.737. The van der Waals surface area contributed by atoms with Gasteiger partial charge >= 0.3 is 11.9 Å². The highest BCUT2D eigenvalue weighted by molar-refractivity contribution is 5.95. The average molecular weight is 460 g/mol. The van der Waals surface area contributed by atoms with Crippen molar-refractivity contribution < 1.29 is 39.3 Å². The number of nitrogens with two attached hydrogens (primary N) is 1. The van der Waals surface area contributed by atoms with Crippen LogP contribution in [0.1, 0.15) is 45.4 Å². The van der Waals surface area contributed by atoms with Crippen molar-refractivity contribution in [3.63, 3.8) is 0 Å². The summed E-state index contributed by atoms with van der Waals surface area (Å²) in [5.74, 6) is -5.06. The zero-order valence-electron chi connectivity index (χ0n) is 18.0. The van der Waals surface area contributed by atoms with Gasteiger partial charge in [-0.3, -0.25) is 19.2 Å². The molecule has 0 spiro atoms. The van der Waals surface area contributed by atoms with Gasteiger partial charge in [0, 0.05) is 0 Å². The Hall–Kier alpha value is -2.77. The molecule has 0 aromatic rings. The molecule has 0 saturated carbocycles. The van der Waals surface area contributed by atoms with Gasteiger partial charge in [0.05, 0.1) is 18.6 Å². The number of carbonyl (C=O) groups excluding carboxylic acids is 3. The zero-order valence-corrected chi connectivity index (χ0v) is 18.0. The molecule has 1 heterocycles. The molecule has 0 radical (unpaired) electrons. The van der Waals surface area contributed by atoms with Crippen LogP contribution in [0.2, 0.25) is 0 Å². The van der Waals surface area contributed by atoms with E-state index in [1.165, 1.54) is 6.92 Å². The summed E-state index contributed by atoms with van der Waals surface area (Å²) in [5.41, 5.74) is 5.45. The van der Waals surface area contributed by atoms with E-state index in [2.05, 4.69) is 21.3 Å². The predicted molar refractivity (Wildman–Crippen MR) is 111 cm³/mol. The van der Waals surface area contributed by atoms with Crippen LogP contribution in [0.5, 0.6) is 0 Å². The number of amides is 3. The molecule has 182 valence electrons. The second kappa shape index (κ2) is 13.6. The Morgan fingerprint density at radius 3 is 2.19 bits per heavy atom. The van der Waals surface area contributed by atoms with Gasteiger partial charge < -0.3 is 42.3 Å². The molecule has 5 unspecified atom stereocenters. The van der Waals surface area contributed by atoms with Crippen LogP contribution in [0.15, 0.2) is 0 Å². The minimum Gasteiger partial charge on any atom is -0.481 e. The van der Waals surface area contributed by atoms with Crippen molar-refractivity contribution in [2.45, 2.75) is 75.7 Å². The first-order valence-electron chi connectivity index (χ1n) is 10.5. The van der Waals surface area contributed by atoms with E-state index >= 15 is 0 Å². The quantitative estimate of drug-likeness (QED) is 0.125. The number of unbranched alkanes of at least 4 members (excludes halogenated alkanes) is 1. The largest absolute Gasteiger partial charge is 0.481 e. The van der Waals surface area contributed by atoms with E-state index in [0.717, 1.165) is 6.42 Å². The fourth-order valence-corrected chi connectivity index (χ4v) is 3.24. The Labute approximate surface area is 185 Å². The lowest BCUT2D eigenvalue weighted by Gasteiger charge is -2.25. The first-order valence-corrected chi connectivity index (χ1v) is 10.5. The van der Waals surface area contributed by atoms with Gasteiger partial charge in [-0.15, -0.1) is 0 Å². The summed E-state index contributed by atoms with van der Waals surface area (Å²) in [5, 5.41) is 37.8. The van der Waals surface area contributed by atoms with E-state index in [-0.39, 0.29) is 6.42 Å². The molecule has 1 aliphatic heterocycles. The third kappa shape index (κ3) is 9.16. The Morgan fingerprint density at radius 1 is 1.03 bits per heavy atom. The molecule has 0 bridgehead atoms. The van der Waals surface area contributed by atoms with Crippen molar-refractivity contribution in [1.29, 1.82) is 0 Å². The van der Waals surface area contributed by atoms with E-state index < -0.39 is 66.4 Å². The number of aliphatic carboxylic acids is 2. The molecule has 13 nitrogen and oxygen atoms in total. The number of hydrogen-bond donors (Lipinski definition) is 8. The summed E-state index contributed by atoms with van der Waals surface area (Å²) >= 11 is 0. The van der Waals surface area contributed by atoms with Crippen LogP contribution in [0.4, 0.5) is 0 Å². The second-order valence-corrected chi connectivity index (χ2v) is 7.72. The topological polar surface area (TPSA) is 220 Å². The van der Waals surface area contributed by atoms with Crippen LogP contribution in [0.25, 0.3) is 0 Å². The number of nitrogens with one attached hydrogen (secondary N) is 4. The highest BCUT2D eigenvalue weighted by Gasteiger charge is 2.33. The molecule has 13 heteroatoms. The molecule has 32 heavy (non-hydrogen) atoms. The summed E-state index contributed by atoms with van der Waals surface area (Å²) in [7, 11) is 0. The number of carbonyl (C=O) groups is 5. The standard InChI is InChI=1S/C19H33N5O8/c1-10(25)15(19(31)32)24-17(29)12(5-2-3-7-20)22-18(30)13(9-14(26)27)23-16(28)11-6-4-8-21-11/h10-13,15,21,25H,2-9,20H2,1H3,(H,22,30)(H,23,28)(H,24,29)(H,26,27)(H,31,32). The number of aliphatic hydroxyl groups is 1. The van der Waals surface area contributed by atoms with Crippen LogP contribution in [0.3, 0.4) is 0 Å². The first kappa shape index (κ1) is 27.3. The first-order chi connectivity index (χ1) is 15.1. The molecule has 0 aromatic carbocycles. The van der Waals surface area contributed by atoms with Gasteiger partial charge in [-0.2, -0.15) is 0 Å². The monoisotopic (exact) mass is 459 g/mol. The molecule has 3 amide bonds. The lowest BCUT2D eigenvalue weighted by molar-refractivity contribution is -0.145. The van der Waals surface area contributed by atoms with Crippen molar-refractivity contribution in [2.24, 2.45) is 5.73 Å². The van der Waals surface area contributed by atoms with E-state index in [1.54, 1.807) is 0 Å². The highest BCUT2D eigenvalue weighted by Crippen LogP contribution is 2.07. The number of carboxylic acids is 2. The Morgan fingerprint density at radius 2 is 1.69 bits per heavy atom. The summed E-state index contributed by atoms with van der Waals surface area (Å²) < 4.78 is 0. The Balaban J connectivity index is 2.92. The smallest absolute Gasteiger partial charge is 0.328 e. The van der Waals surface area contributed by atoms with Gasteiger partial charge in [0.1, 0.15) is 12.1 Å². The van der Waals surface area contributed by atoms with Crippen LogP contribution in [0, 0.1) is 0 Å². The molecule has 1 aliphatic rings. The molecular weight excluding hydrogens is 426 g/mol. The highest BCUT2D eigenvalue weighted by atomic mass is 16.4. The maximum atomic E-state index is 12.8. The molecule has 1 rings (SSSR count). The van der Waals surface area contributed by atoms with Gasteiger partial charge in [0.15, 0.2) is 6.04 Å². The van der Waals surface area contributed by atoms with E-state index in [0.29, 0.717) is 32.4 Å². The molecule has 9 N–H and O–H groups in total. The van der Waals surface area contributed by atoms with E-state index in [1.807, 2.05) is 0 Å². The Bertz CT molecular complexity index is 681. The van der Waals surface area contributed by atoms with Crippen molar-refractivity contribution >= 4 is 29.7 Å². The van der Waals surface area contributed by atoms with Gasteiger partial charge in [-0.1, -0.05) is 0 Å². The number of hydrogen-bond acceptors (Lipinski definition) is 8.